The summed E-state index contributed by atoms with van der Waals surface area (Å²) in [5, 5.41) is 0. The summed E-state index contributed by atoms with van der Waals surface area (Å²) in [5.41, 5.74) is 1.19. The zero-order valence-electron chi connectivity index (χ0n) is 8.11. The maximum Gasteiger partial charge on any atom is 0.163 e. The van der Waals surface area contributed by atoms with Crippen LogP contribution >= 0.6 is 0 Å². The predicted octanol–water partition coefficient (Wildman–Crippen LogP) is 2.42. The van der Waals surface area contributed by atoms with Gasteiger partial charge >= 0.3 is 0 Å². The first kappa shape index (κ1) is 9.69. The molecule has 14 heavy (non-hydrogen) atoms. The van der Waals surface area contributed by atoms with Crippen LogP contribution < -0.4 is 0 Å². The van der Waals surface area contributed by atoms with Gasteiger partial charge in [0.15, 0.2) is 6.61 Å². The Labute approximate surface area is 84.8 Å². The van der Waals surface area contributed by atoms with Gasteiger partial charge in [0.25, 0.3) is 0 Å². The first-order chi connectivity index (χ1) is 6.95. The molecule has 1 heterocycles. The number of ether oxygens (including phenoxy) is 2. The molecule has 0 spiro atoms. The topological polar surface area (TPSA) is 18.5 Å². The Morgan fingerprint density at radius 1 is 1.36 bits per heavy atom. The fraction of sp³-hybridized carbons (Fsp3) is 0.417. The fourth-order valence-electron chi connectivity index (χ4n) is 1.44. The van der Waals surface area contributed by atoms with Crippen molar-refractivity contribution in [1.29, 1.82) is 0 Å². The smallest absolute Gasteiger partial charge is 0.163 e. The van der Waals surface area contributed by atoms with Crippen LogP contribution in [-0.4, -0.2) is 12.7 Å². The van der Waals surface area contributed by atoms with E-state index in [1.54, 1.807) is 0 Å². The summed E-state index contributed by atoms with van der Waals surface area (Å²) in [6.07, 6.45) is 2.13. The molecule has 1 aromatic rings. The second kappa shape index (κ2) is 5.13. The third-order valence-electron chi connectivity index (χ3n) is 2.22. The number of rotatable bonds is 3. The molecule has 2 nitrogen and oxygen atoms in total. The van der Waals surface area contributed by atoms with Crippen LogP contribution in [0.25, 0.3) is 0 Å². The Morgan fingerprint density at radius 3 is 2.93 bits per heavy atom. The highest BCUT2D eigenvalue weighted by atomic mass is 16.5. The molecule has 0 saturated carbocycles. The molecule has 1 aliphatic heterocycles. The zero-order valence-corrected chi connectivity index (χ0v) is 8.11. The van der Waals surface area contributed by atoms with Crippen molar-refractivity contribution in [2.45, 2.75) is 25.6 Å². The third-order valence-corrected chi connectivity index (χ3v) is 2.22. The van der Waals surface area contributed by atoms with Gasteiger partial charge in [-0.2, -0.15) is 0 Å². The SMILES string of the molecule is [C]1OCCCC1OCc1ccccc1. The van der Waals surface area contributed by atoms with E-state index in [-0.39, 0.29) is 6.10 Å². The molecule has 1 aliphatic rings. The summed E-state index contributed by atoms with van der Waals surface area (Å²) in [5.74, 6) is 0. The number of benzene rings is 1. The molecule has 74 valence electrons. The van der Waals surface area contributed by atoms with E-state index in [2.05, 4.69) is 18.7 Å². The van der Waals surface area contributed by atoms with E-state index in [0.29, 0.717) is 6.61 Å². The van der Waals surface area contributed by atoms with E-state index < -0.39 is 0 Å². The minimum Gasteiger partial charge on any atom is -0.370 e. The Balaban J connectivity index is 1.76. The molecule has 1 fully saturated rings. The largest absolute Gasteiger partial charge is 0.370 e. The molecule has 1 unspecified atom stereocenters. The maximum atomic E-state index is 5.63. The molecule has 0 N–H and O–H groups in total. The van der Waals surface area contributed by atoms with E-state index in [1.807, 2.05) is 18.2 Å². The van der Waals surface area contributed by atoms with E-state index in [0.717, 1.165) is 19.4 Å². The van der Waals surface area contributed by atoms with Crippen LogP contribution in [0.15, 0.2) is 30.3 Å². The van der Waals surface area contributed by atoms with Crippen molar-refractivity contribution in [3.8, 4) is 0 Å². The zero-order chi connectivity index (χ0) is 9.64. The lowest BCUT2D eigenvalue weighted by Gasteiger charge is -2.20. The van der Waals surface area contributed by atoms with Crippen molar-refractivity contribution < 1.29 is 9.47 Å². The molecule has 1 aromatic carbocycles. The number of hydrogen-bond acceptors (Lipinski definition) is 2. The van der Waals surface area contributed by atoms with Crippen LogP contribution in [-0.2, 0) is 16.1 Å². The van der Waals surface area contributed by atoms with Gasteiger partial charge in [0.2, 0.25) is 0 Å². The summed E-state index contributed by atoms with van der Waals surface area (Å²) in [7, 11) is 0. The quantitative estimate of drug-likeness (QED) is 0.728. The van der Waals surface area contributed by atoms with Crippen molar-refractivity contribution in [2.24, 2.45) is 0 Å². The highest BCUT2D eigenvalue weighted by Gasteiger charge is 2.15. The molecule has 0 aromatic heterocycles. The van der Waals surface area contributed by atoms with Crippen molar-refractivity contribution in [3.05, 3.63) is 42.5 Å². The van der Waals surface area contributed by atoms with Gasteiger partial charge in [-0.25, -0.2) is 0 Å². The van der Waals surface area contributed by atoms with Gasteiger partial charge in [0.1, 0.15) is 0 Å². The van der Waals surface area contributed by atoms with E-state index in [9.17, 15) is 0 Å². The number of hydrogen-bond donors (Lipinski definition) is 0. The van der Waals surface area contributed by atoms with Crippen LogP contribution in [0.3, 0.4) is 0 Å². The molecule has 2 heteroatoms. The normalized spacial score (nSPS) is 22.1. The van der Waals surface area contributed by atoms with Gasteiger partial charge in [-0.1, -0.05) is 30.3 Å². The van der Waals surface area contributed by atoms with Crippen LogP contribution in [0, 0.1) is 6.61 Å². The summed E-state index contributed by atoms with van der Waals surface area (Å²) in [6.45, 7) is 4.29. The van der Waals surface area contributed by atoms with Gasteiger partial charge in [0.05, 0.1) is 12.7 Å². The second-order valence-electron chi connectivity index (χ2n) is 3.39. The Hall–Kier alpha value is -0.860. The fourth-order valence-corrected chi connectivity index (χ4v) is 1.44. The molecular weight excluding hydrogens is 176 g/mol. The lowest BCUT2D eigenvalue weighted by atomic mass is 10.2. The molecule has 0 bridgehead atoms. The first-order valence-electron chi connectivity index (χ1n) is 4.98. The lowest BCUT2D eigenvalue weighted by molar-refractivity contribution is -0.0187. The summed E-state index contributed by atoms with van der Waals surface area (Å²) in [6, 6.07) is 10.2. The molecule has 0 amide bonds. The van der Waals surface area contributed by atoms with Crippen molar-refractivity contribution >= 4 is 0 Å². The molecule has 1 saturated heterocycles. The highest BCUT2D eigenvalue weighted by Crippen LogP contribution is 2.15. The third kappa shape index (κ3) is 2.82. The van der Waals surface area contributed by atoms with E-state index in [4.69, 9.17) is 9.47 Å². The van der Waals surface area contributed by atoms with Crippen LogP contribution in [0.1, 0.15) is 18.4 Å². The molecule has 1 atom stereocenters. The minimum absolute atomic E-state index is 0.0453. The monoisotopic (exact) mass is 190 g/mol. The molecular formula is C12H14O2. The van der Waals surface area contributed by atoms with Gasteiger partial charge in [-0.15, -0.1) is 0 Å². The first-order valence-corrected chi connectivity index (χ1v) is 4.98. The van der Waals surface area contributed by atoms with Crippen LogP contribution in [0.4, 0.5) is 0 Å². The summed E-state index contributed by atoms with van der Waals surface area (Å²) in [4.78, 5) is 0. The lowest BCUT2D eigenvalue weighted by Crippen LogP contribution is -2.20. The highest BCUT2D eigenvalue weighted by molar-refractivity contribution is 5.13. The molecule has 2 rings (SSSR count). The molecule has 2 radical (unpaired) electrons. The van der Waals surface area contributed by atoms with Crippen molar-refractivity contribution in [3.63, 3.8) is 0 Å². The van der Waals surface area contributed by atoms with Crippen LogP contribution in [0.2, 0.25) is 0 Å². The predicted molar refractivity (Wildman–Crippen MR) is 53.4 cm³/mol. The maximum absolute atomic E-state index is 5.63. The molecule has 0 aliphatic carbocycles. The minimum atomic E-state index is 0.0453. The van der Waals surface area contributed by atoms with Gasteiger partial charge in [-0.3, -0.25) is 0 Å². The Bertz CT molecular complexity index is 252. The average Bonchev–Trinajstić information content (AvgIpc) is 2.29. The Morgan fingerprint density at radius 2 is 2.21 bits per heavy atom. The van der Waals surface area contributed by atoms with E-state index in [1.165, 1.54) is 5.56 Å². The van der Waals surface area contributed by atoms with Gasteiger partial charge in [0, 0.05) is 6.61 Å². The Kier molecular flexibility index (Phi) is 3.55. The van der Waals surface area contributed by atoms with Crippen molar-refractivity contribution in [1.82, 2.24) is 0 Å². The summed E-state index contributed by atoms with van der Waals surface area (Å²) >= 11 is 0. The summed E-state index contributed by atoms with van der Waals surface area (Å²) < 4.78 is 10.7. The standard InChI is InChI=1S/C12H14O2/c1-2-5-11(6-3-1)9-14-12-7-4-8-13-10-12/h1-3,5-6,12H,4,7-9H2. The van der Waals surface area contributed by atoms with Crippen molar-refractivity contribution in [2.75, 3.05) is 6.61 Å². The van der Waals surface area contributed by atoms with Gasteiger partial charge in [-0.05, 0) is 18.4 Å². The average molecular weight is 190 g/mol. The van der Waals surface area contributed by atoms with Crippen LogP contribution in [0.5, 0.6) is 0 Å². The van der Waals surface area contributed by atoms with E-state index >= 15 is 0 Å². The second-order valence-corrected chi connectivity index (χ2v) is 3.39. The van der Waals surface area contributed by atoms with Gasteiger partial charge < -0.3 is 9.47 Å².